The topological polar surface area (TPSA) is 40.7 Å². The highest BCUT2D eigenvalue weighted by Crippen LogP contribution is 2.19. The van der Waals surface area contributed by atoms with Gasteiger partial charge in [0, 0.05) is 36.3 Å². The zero-order valence-corrected chi connectivity index (χ0v) is 10.5. The molecule has 92 valence electrons. The molecule has 0 bridgehead atoms. The first-order chi connectivity index (χ1) is 8.74. The van der Waals surface area contributed by atoms with Crippen LogP contribution in [0.4, 0.5) is 4.39 Å². The number of aromatic nitrogens is 2. The van der Waals surface area contributed by atoms with Gasteiger partial charge in [0.15, 0.2) is 0 Å². The first-order valence-electron chi connectivity index (χ1n) is 5.83. The molecule has 1 aliphatic rings. The van der Waals surface area contributed by atoms with E-state index in [9.17, 15) is 4.39 Å². The van der Waals surface area contributed by atoms with Gasteiger partial charge in [0.05, 0.1) is 0 Å². The second-order valence-electron chi connectivity index (χ2n) is 4.28. The summed E-state index contributed by atoms with van der Waals surface area (Å²) in [6.07, 6.45) is 0.912. The van der Waals surface area contributed by atoms with E-state index in [4.69, 9.17) is 12.2 Å². The van der Waals surface area contributed by atoms with Gasteiger partial charge >= 0.3 is 0 Å². The van der Waals surface area contributed by atoms with E-state index in [2.05, 4.69) is 15.3 Å². The third-order valence-electron chi connectivity index (χ3n) is 3.08. The van der Waals surface area contributed by atoms with E-state index in [-0.39, 0.29) is 5.82 Å². The number of hydrogen-bond acceptors (Lipinski definition) is 3. The minimum Gasteiger partial charge on any atom is -0.343 e. The van der Waals surface area contributed by atoms with Crippen LogP contribution in [0, 0.1) is 10.5 Å². The normalized spacial score (nSPS) is 14.3. The summed E-state index contributed by atoms with van der Waals surface area (Å²) in [7, 11) is 0. The van der Waals surface area contributed by atoms with Crippen molar-refractivity contribution < 1.29 is 4.39 Å². The molecular weight excluding hydrogens is 249 g/mol. The Hall–Kier alpha value is -1.59. The maximum Gasteiger partial charge on any atom is 0.139 e. The molecule has 0 amide bonds. The molecule has 0 saturated carbocycles. The van der Waals surface area contributed by atoms with E-state index < -0.39 is 0 Å². The van der Waals surface area contributed by atoms with Gasteiger partial charge in [0.25, 0.3) is 0 Å². The SMILES string of the molecule is Fc1ccc(-c2nc(=S)c3c([nH]2)CCNC3)cc1. The average molecular weight is 261 g/mol. The molecule has 1 aromatic heterocycles. The van der Waals surface area contributed by atoms with Crippen LogP contribution in [0.2, 0.25) is 0 Å². The van der Waals surface area contributed by atoms with E-state index in [1.165, 1.54) is 12.1 Å². The number of nitrogens with one attached hydrogen (secondary N) is 2. The van der Waals surface area contributed by atoms with Crippen LogP contribution in [-0.4, -0.2) is 16.5 Å². The molecule has 1 aromatic carbocycles. The molecule has 3 nitrogen and oxygen atoms in total. The van der Waals surface area contributed by atoms with Gasteiger partial charge < -0.3 is 10.3 Å². The first kappa shape index (κ1) is 11.5. The molecule has 0 spiro atoms. The number of fused-ring (bicyclic) bond motifs is 1. The fourth-order valence-electron chi connectivity index (χ4n) is 2.11. The Morgan fingerprint density at radius 3 is 2.78 bits per heavy atom. The van der Waals surface area contributed by atoms with Crippen molar-refractivity contribution >= 4 is 12.2 Å². The number of rotatable bonds is 1. The average Bonchev–Trinajstić information content (AvgIpc) is 2.39. The van der Waals surface area contributed by atoms with Crippen molar-refractivity contribution in [1.82, 2.24) is 15.3 Å². The van der Waals surface area contributed by atoms with Gasteiger partial charge in [-0.25, -0.2) is 9.37 Å². The van der Waals surface area contributed by atoms with Gasteiger partial charge in [-0.2, -0.15) is 0 Å². The second-order valence-corrected chi connectivity index (χ2v) is 4.67. The van der Waals surface area contributed by atoms with Crippen molar-refractivity contribution in [3.63, 3.8) is 0 Å². The third-order valence-corrected chi connectivity index (χ3v) is 3.41. The lowest BCUT2D eigenvalue weighted by Crippen LogP contribution is -2.25. The molecule has 2 heterocycles. The minimum atomic E-state index is -0.250. The lowest BCUT2D eigenvalue weighted by Gasteiger charge is -2.17. The van der Waals surface area contributed by atoms with E-state index in [0.29, 0.717) is 10.5 Å². The van der Waals surface area contributed by atoms with Crippen LogP contribution in [0.15, 0.2) is 24.3 Å². The van der Waals surface area contributed by atoms with Gasteiger partial charge in [-0.3, -0.25) is 0 Å². The van der Waals surface area contributed by atoms with Crippen LogP contribution >= 0.6 is 12.2 Å². The van der Waals surface area contributed by atoms with E-state index in [1.54, 1.807) is 12.1 Å². The number of nitrogens with zero attached hydrogens (tertiary/aromatic N) is 1. The smallest absolute Gasteiger partial charge is 0.139 e. The largest absolute Gasteiger partial charge is 0.343 e. The summed E-state index contributed by atoms with van der Waals surface area (Å²) in [5.74, 6) is 0.458. The Balaban J connectivity index is 2.11. The lowest BCUT2D eigenvalue weighted by atomic mass is 10.1. The van der Waals surface area contributed by atoms with E-state index in [0.717, 1.165) is 36.3 Å². The monoisotopic (exact) mass is 261 g/mol. The van der Waals surface area contributed by atoms with Crippen LogP contribution in [0.1, 0.15) is 11.3 Å². The Labute approximate surface area is 109 Å². The second kappa shape index (κ2) is 4.59. The quantitative estimate of drug-likeness (QED) is 0.775. The molecule has 2 N–H and O–H groups in total. The summed E-state index contributed by atoms with van der Waals surface area (Å²) in [6.45, 7) is 1.70. The number of hydrogen-bond donors (Lipinski definition) is 2. The Bertz CT molecular complexity index is 634. The van der Waals surface area contributed by atoms with Crippen LogP contribution in [0.3, 0.4) is 0 Å². The number of halogens is 1. The highest BCUT2D eigenvalue weighted by molar-refractivity contribution is 7.71. The highest BCUT2D eigenvalue weighted by atomic mass is 32.1. The molecule has 0 saturated heterocycles. The number of benzene rings is 1. The summed E-state index contributed by atoms with van der Waals surface area (Å²) in [5, 5.41) is 3.27. The molecule has 0 fully saturated rings. The molecule has 3 rings (SSSR count). The molecule has 2 aromatic rings. The van der Waals surface area contributed by atoms with Crippen LogP contribution < -0.4 is 5.32 Å². The maximum atomic E-state index is 12.9. The summed E-state index contributed by atoms with van der Waals surface area (Å²) < 4.78 is 13.5. The van der Waals surface area contributed by atoms with Crippen LogP contribution in [0.25, 0.3) is 11.4 Å². The summed E-state index contributed by atoms with van der Waals surface area (Å²) >= 11 is 5.31. The van der Waals surface area contributed by atoms with Gasteiger partial charge in [-0.05, 0) is 24.3 Å². The predicted molar refractivity (Wildman–Crippen MR) is 70.2 cm³/mol. The van der Waals surface area contributed by atoms with Gasteiger partial charge in [0.2, 0.25) is 0 Å². The standard InChI is InChI=1S/C13H12FN3S/c14-9-3-1-8(2-4-9)12-16-11-5-6-15-7-10(11)13(18)17-12/h1-4,15H,5-7H2,(H,16,17,18). The Kier molecular flexibility index (Phi) is 2.93. The Morgan fingerprint density at radius 1 is 1.22 bits per heavy atom. The molecule has 18 heavy (non-hydrogen) atoms. The number of aromatic amines is 1. The van der Waals surface area contributed by atoms with Crippen molar-refractivity contribution in [2.75, 3.05) is 6.54 Å². The van der Waals surface area contributed by atoms with Crippen molar-refractivity contribution in [3.8, 4) is 11.4 Å². The molecule has 0 aliphatic carbocycles. The molecule has 0 unspecified atom stereocenters. The van der Waals surface area contributed by atoms with Crippen LogP contribution in [-0.2, 0) is 13.0 Å². The maximum absolute atomic E-state index is 12.9. The highest BCUT2D eigenvalue weighted by Gasteiger charge is 2.13. The van der Waals surface area contributed by atoms with Gasteiger partial charge in [-0.1, -0.05) is 12.2 Å². The summed E-state index contributed by atoms with van der Waals surface area (Å²) in [6, 6.07) is 6.26. The predicted octanol–water partition coefficient (Wildman–Crippen LogP) is 2.59. The summed E-state index contributed by atoms with van der Waals surface area (Å²) in [4.78, 5) is 7.68. The van der Waals surface area contributed by atoms with Gasteiger partial charge in [-0.15, -0.1) is 0 Å². The molecule has 0 radical (unpaired) electrons. The Morgan fingerprint density at radius 2 is 2.00 bits per heavy atom. The molecular formula is C13H12FN3S. The fourth-order valence-corrected chi connectivity index (χ4v) is 2.40. The van der Waals surface area contributed by atoms with Crippen molar-refractivity contribution in [2.45, 2.75) is 13.0 Å². The minimum absolute atomic E-state index is 0.250. The zero-order chi connectivity index (χ0) is 12.5. The fraction of sp³-hybridized carbons (Fsp3) is 0.231. The van der Waals surface area contributed by atoms with Crippen molar-refractivity contribution in [2.24, 2.45) is 0 Å². The lowest BCUT2D eigenvalue weighted by molar-refractivity contribution is 0.624. The molecule has 0 atom stereocenters. The number of H-pyrrole nitrogens is 1. The summed E-state index contributed by atoms with van der Waals surface area (Å²) in [5.41, 5.74) is 3.05. The molecule has 1 aliphatic heterocycles. The van der Waals surface area contributed by atoms with Crippen molar-refractivity contribution in [3.05, 3.63) is 46.0 Å². The van der Waals surface area contributed by atoms with E-state index in [1.807, 2.05) is 0 Å². The third kappa shape index (κ3) is 2.07. The zero-order valence-electron chi connectivity index (χ0n) is 9.66. The molecule has 5 heteroatoms. The van der Waals surface area contributed by atoms with E-state index >= 15 is 0 Å². The van der Waals surface area contributed by atoms with Crippen molar-refractivity contribution in [1.29, 1.82) is 0 Å². The first-order valence-corrected chi connectivity index (χ1v) is 6.23. The van der Waals surface area contributed by atoms with Crippen LogP contribution in [0.5, 0.6) is 0 Å². The van der Waals surface area contributed by atoms with Gasteiger partial charge in [0.1, 0.15) is 16.3 Å².